The number of rotatable bonds is 8. The van der Waals surface area contributed by atoms with Crippen molar-refractivity contribution in [2.24, 2.45) is 5.73 Å². The van der Waals surface area contributed by atoms with Gasteiger partial charge in [0.05, 0.1) is 0 Å². The maximum Gasteiger partial charge on any atom is 0.254 e. The molecule has 2 aromatic carbocycles. The van der Waals surface area contributed by atoms with E-state index in [2.05, 4.69) is 25.9 Å². The second kappa shape index (κ2) is 11.3. The minimum absolute atomic E-state index is 0.0379. The van der Waals surface area contributed by atoms with Crippen molar-refractivity contribution >= 4 is 35.3 Å². The van der Waals surface area contributed by atoms with E-state index in [-0.39, 0.29) is 23.6 Å². The molecule has 2 atom stereocenters. The fraction of sp³-hybridized carbons (Fsp3) is 0.259. The summed E-state index contributed by atoms with van der Waals surface area (Å²) in [5.74, 6) is -0.0435. The molecular formula is C27H30N6O2. The highest BCUT2D eigenvalue weighted by atomic mass is 16.1. The van der Waals surface area contributed by atoms with Crippen molar-refractivity contribution in [2.45, 2.75) is 44.7 Å². The Morgan fingerprint density at radius 2 is 1.80 bits per heavy atom. The molecule has 1 fully saturated rings. The molecule has 1 aliphatic rings. The Kier molecular flexibility index (Phi) is 7.72. The molecule has 1 aliphatic carbocycles. The monoisotopic (exact) mass is 470 g/mol. The standard InChI is InChI=1S/C27H30N6O2/c1-18-8-7-11-20(16-18)30-26-21(25(28)35)17-29-27(33-26)32-23-13-6-5-12-22(23)31-24(34)15-14-19-9-3-2-4-10-19/h2-4,7-11,14-17,22-23H,5-6,12-13H2,1H3,(H2,28,35)(H,31,34)(H2,29,30,32,33)/b15-14-/t22-,23+/m1/s1. The van der Waals surface area contributed by atoms with Crippen molar-refractivity contribution in [2.75, 3.05) is 10.6 Å². The van der Waals surface area contributed by atoms with Gasteiger partial charge in [-0.25, -0.2) is 4.98 Å². The molecule has 5 N–H and O–H groups in total. The lowest BCUT2D eigenvalue weighted by Gasteiger charge is -2.32. The van der Waals surface area contributed by atoms with Crippen LogP contribution in [-0.2, 0) is 4.79 Å². The van der Waals surface area contributed by atoms with E-state index < -0.39 is 5.91 Å². The van der Waals surface area contributed by atoms with Gasteiger partial charge in [0.25, 0.3) is 5.91 Å². The van der Waals surface area contributed by atoms with Crippen LogP contribution in [0.4, 0.5) is 17.5 Å². The van der Waals surface area contributed by atoms with Crippen LogP contribution in [0.2, 0.25) is 0 Å². The molecule has 0 bridgehead atoms. The number of anilines is 3. The first-order chi connectivity index (χ1) is 17.0. The van der Waals surface area contributed by atoms with Crippen molar-refractivity contribution < 1.29 is 9.59 Å². The molecular weight excluding hydrogens is 440 g/mol. The summed E-state index contributed by atoms with van der Waals surface area (Å²) in [6, 6.07) is 17.4. The number of aryl methyl sites for hydroxylation is 1. The summed E-state index contributed by atoms with van der Waals surface area (Å²) >= 11 is 0. The SMILES string of the molecule is Cc1cccc(Nc2nc(N[C@H]3CCCC[C@H]3NC(=O)/C=C\c3ccccc3)ncc2C(N)=O)c1. The summed E-state index contributed by atoms with van der Waals surface area (Å²) in [7, 11) is 0. The molecule has 0 spiro atoms. The average Bonchev–Trinajstić information content (AvgIpc) is 2.85. The van der Waals surface area contributed by atoms with Gasteiger partial charge in [0, 0.05) is 30.0 Å². The predicted molar refractivity (Wildman–Crippen MR) is 138 cm³/mol. The van der Waals surface area contributed by atoms with Gasteiger partial charge >= 0.3 is 0 Å². The number of benzene rings is 2. The van der Waals surface area contributed by atoms with Crippen LogP contribution in [0.15, 0.2) is 66.9 Å². The predicted octanol–water partition coefficient (Wildman–Crippen LogP) is 4.18. The second-order valence-electron chi connectivity index (χ2n) is 8.71. The lowest BCUT2D eigenvalue weighted by Crippen LogP contribution is -2.48. The first-order valence-corrected chi connectivity index (χ1v) is 11.8. The quantitative estimate of drug-likeness (QED) is 0.366. The summed E-state index contributed by atoms with van der Waals surface area (Å²) in [6.45, 7) is 1.99. The van der Waals surface area contributed by atoms with E-state index >= 15 is 0 Å². The third-order valence-electron chi connectivity index (χ3n) is 5.97. The summed E-state index contributed by atoms with van der Waals surface area (Å²) in [5, 5.41) is 9.65. The summed E-state index contributed by atoms with van der Waals surface area (Å²) in [5.41, 5.74) is 8.59. The maximum absolute atomic E-state index is 12.6. The normalized spacial score (nSPS) is 17.6. The first-order valence-electron chi connectivity index (χ1n) is 11.8. The van der Waals surface area contributed by atoms with Gasteiger partial charge in [-0.05, 0) is 49.1 Å². The molecule has 1 heterocycles. The molecule has 0 radical (unpaired) electrons. The van der Waals surface area contributed by atoms with Crippen LogP contribution in [0.3, 0.4) is 0 Å². The third kappa shape index (κ3) is 6.66. The lowest BCUT2D eigenvalue weighted by atomic mass is 9.90. The zero-order valence-electron chi connectivity index (χ0n) is 19.7. The number of carbonyl (C=O) groups excluding carboxylic acids is 2. The highest BCUT2D eigenvalue weighted by molar-refractivity contribution is 5.98. The zero-order valence-corrected chi connectivity index (χ0v) is 19.7. The molecule has 0 aliphatic heterocycles. The largest absolute Gasteiger partial charge is 0.365 e. The minimum atomic E-state index is -0.611. The summed E-state index contributed by atoms with van der Waals surface area (Å²) in [4.78, 5) is 33.4. The molecule has 8 nitrogen and oxygen atoms in total. The molecule has 0 saturated heterocycles. The van der Waals surface area contributed by atoms with Gasteiger partial charge in [0.15, 0.2) is 0 Å². The van der Waals surface area contributed by atoms with E-state index in [1.807, 2.05) is 61.5 Å². The number of hydrogen-bond acceptors (Lipinski definition) is 6. The smallest absolute Gasteiger partial charge is 0.254 e. The summed E-state index contributed by atoms with van der Waals surface area (Å²) in [6.07, 6.45) is 8.59. The van der Waals surface area contributed by atoms with Gasteiger partial charge < -0.3 is 21.7 Å². The van der Waals surface area contributed by atoms with E-state index in [1.165, 1.54) is 6.20 Å². The Bertz CT molecular complexity index is 1210. The second-order valence-corrected chi connectivity index (χ2v) is 8.71. The Morgan fingerprint density at radius 3 is 2.54 bits per heavy atom. The highest BCUT2D eigenvalue weighted by Gasteiger charge is 2.27. The van der Waals surface area contributed by atoms with E-state index in [9.17, 15) is 9.59 Å². The topological polar surface area (TPSA) is 122 Å². The molecule has 0 unspecified atom stereocenters. The number of nitrogens with one attached hydrogen (secondary N) is 3. The average molecular weight is 471 g/mol. The van der Waals surface area contributed by atoms with E-state index in [1.54, 1.807) is 12.2 Å². The number of primary amides is 1. The molecule has 35 heavy (non-hydrogen) atoms. The van der Waals surface area contributed by atoms with Crippen molar-refractivity contribution in [3.8, 4) is 0 Å². The van der Waals surface area contributed by atoms with Crippen LogP contribution in [0, 0.1) is 6.92 Å². The van der Waals surface area contributed by atoms with Gasteiger partial charge in [0.1, 0.15) is 11.4 Å². The Morgan fingerprint density at radius 1 is 1.03 bits per heavy atom. The van der Waals surface area contributed by atoms with Gasteiger partial charge in [-0.15, -0.1) is 0 Å². The zero-order chi connectivity index (χ0) is 24.6. The van der Waals surface area contributed by atoms with Crippen molar-refractivity contribution in [1.29, 1.82) is 0 Å². The van der Waals surface area contributed by atoms with E-state index in [4.69, 9.17) is 5.73 Å². The number of hydrogen-bond donors (Lipinski definition) is 4. The number of carbonyl (C=O) groups is 2. The van der Waals surface area contributed by atoms with Crippen molar-refractivity contribution in [3.05, 3.63) is 83.6 Å². The number of aromatic nitrogens is 2. The summed E-state index contributed by atoms with van der Waals surface area (Å²) < 4.78 is 0. The third-order valence-corrected chi connectivity index (χ3v) is 5.97. The highest BCUT2D eigenvalue weighted by Crippen LogP contribution is 2.24. The fourth-order valence-electron chi connectivity index (χ4n) is 4.20. The molecule has 8 heteroatoms. The molecule has 4 rings (SSSR count). The molecule has 1 saturated carbocycles. The van der Waals surface area contributed by atoms with E-state index in [0.29, 0.717) is 11.8 Å². The number of amides is 2. The van der Waals surface area contributed by atoms with Crippen LogP contribution >= 0.6 is 0 Å². The van der Waals surface area contributed by atoms with Crippen molar-refractivity contribution in [3.63, 3.8) is 0 Å². The lowest BCUT2D eigenvalue weighted by molar-refractivity contribution is -0.117. The molecule has 3 aromatic rings. The van der Waals surface area contributed by atoms with Crippen LogP contribution in [0.5, 0.6) is 0 Å². The Labute approximate surface area is 205 Å². The maximum atomic E-state index is 12.6. The molecule has 2 amide bonds. The fourth-order valence-corrected chi connectivity index (χ4v) is 4.20. The van der Waals surface area contributed by atoms with Gasteiger partial charge in [-0.2, -0.15) is 4.98 Å². The number of nitrogens with zero attached hydrogens (tertiary/aromatic N) is 2. The van der Waals surface area contributed by atoms with E-state index in [0.717, 1.165) is 42.5 Å². The number of nitrogens with two attached hydrogens (primary N) is 1. The van der Waals surface area contributed by atoms with Crippen LogP contribution < -0.4 is 21.7 Å². The van der Waals surface area contributed by atoms with Crippen molar-refractivity contribution in [1.82, 2.24) is 15.3 Å². The molecule has 1 aromatic heterocycles. The van der Waals surface area contributed by atoms with Gasteiger partial charge in [-0.1, -0.05) is 55.3 Å². The minimum Gasteiger partial charge on any atom is -0.365 e. The first kappa shape index (κ1) is 23.9. The van der Waals surface area contributed by atoms with Gasteiger partial charge in [-0.3, -0.25) is 9.59 Å². The Balaban J connectivity index is 1.47. The molecule has 180 valence electrons. The van der Waals surface area contributed by atoms with Crippen LogP contribution in [0.25, 0.3) is 6.08 Å². The van der Waals surface area contributed by atoms with Gasteiger partial charge in [0.2, 0.25) is 11.9 Å². The van der Waals surface area contributed by atoms with Crippen LogP contribution in [-0.4, -0.2) is 33.9 Å². The Hall–Kier alpha value is -4.20. The van der Waals surface area contributed by atoms with Crippen LogP contribution in [0.1, 0.15) is 47.2 Å².